The predicted octanol–water partition coefficient (Wildman–Crippen LogP) is 1.88. The molecule has 1 heterocycles. The van der Waals surface area contributed by atoms with E-state index in [4.69, 9.17) is 0 Å². The molecule has 0 aromatic heterocycles. The van der Waals surface area contributed by atoms with Crippen molar-refractivity contribution >= 4 is 5.91 Å². The van der Waals surface area contributed by atoms with E-state index in [0.717, 1.165) is 32.5 Å². The quantitative estimate of drug-likeness (QED) is 0.794. The lowest BCUT2D eigenvalue weighted by atomic mass is 9.94. The summed E-state index contributed by atoms with van der Waals surface area (Å²) in [6, 6.07) is 0.573. The summed E-state index contributed by atoms with van der Waals surface area (Å²) >= 11 is 0. The summed E-state index contributed by atoms with van der Waals surface area (Å²) in [6.45, 7) is 11.2. The van der Waals surface area contributed by atoms with Crippen LogP contribution in [0.4, 0.5) is 0 Å². The molecule has 1 amide bonds. The molecular formula is C13H26N2O. The van der Waals surface area contributed by atoms with Gasteiger partial charge in [0.2, 0.25) is 5.91 Å². The fourth-order valence-electron chi connectivity index (χ4n) is 2.28. The van der Waals surface area contributed by atoms with Gasteiger partial charge in [-0.2, -0.15) is 0 Å². The van der Waals surface area contributed by atoms with Crippen molar-refractivity contribution in [2.75, 3.05) is 19.6 Å². The molecule has 3 heteroatoms. The Bertz CT molecular complexity index is 220. The summed E-state index contributed by atoms with van der Waals surface area (Å²) in [5, 5.41) is 3.40. The molecule has 94 valence electrons. The van der Waals surface area contributed by atoms with Gasteiger partial charge in [-0.3, -0.25) is 4.79 Å². The molecule has 1 N–H and O–H groups in total. The van der Waals surface area contributed by atoms with Crippen molar-refractivity contribution in [2.24, 2.45) is 11.8 Å². The third-order valence-corrected chi connectivity index (χ3v) is 3.29. The average molecular weight is 226 g/mol. The van der Waals surface area contributed by atoms with Gasteiger partial charge in [-0.25, -0.2) is 0 Å². The predicted molar refractivity (Wildman–Crippen MR) is 67.3 cm³/mol. The van der Waals surface area contributed by atoms with Crippen molar-refractivity contribution in [3.05, 3.63) is 0 Å². The smallest absolute Gasteiger partial charge is 0.226 e. The topological polar surface area (TPSA) is 32.3 Å². The van der Waals surface area contributed by atoms with Crippen LogP contribution < -0.4 is 5.32 Å². The van der Waals surface area contributed by atoms with Gasteiger partial charge < -0.3 is 10.2 Å². The first kappa shape index (κ1) is 13.5. The van der Waals surface area contributed by atoms with E-state index in [9.17, 15) is 4.79 Å². The standard InChI is InChI=1S/C13H26N2O/c1-5-15(9-10(2)3)13(16)12-7-6-11(4)14-8-12/h10-12,14H,5-9H2,1-4H3. The maximum absolute atomic E-state index is 12.3. The molecule has 1 saturated heterocycles. The SMILES string of the molecule is CCN(CC(C)C)C(=O)C1CCC(C)NC1. The summed E-state index contributed by atoms with van der Waals surface area (Å²) in [7, 11) is 0. The third kappa shape index (κ3) is 3.78. The van der Waals surface area contributed by atoms with E-state index in [-0.39, 0.29) is 5.92 Å². The molecule has 0 saturated carbocycles. The van der Waals surface area contributed by atoms with Gasteiger partial charge in [0.1, 0.15) is 0 Å². The lowest BCUT2D eigenvalue weighted by Crippen LogP contribution is -2.46. The average Bonchev–Trinajstić information content (AvgIpc) is 2.25. The molecule has 2 atom stereocenters. The molecule has 0 aromatic carbocycles. The number of piperidine rings is 1. The maximum atomic E-state index is 12.3. The fourth-order valence-corrected chi connectivity index (χ4v) is 2.28. The van der Waals surface area contributed by atoms with Gasteiger partial charge in [-0.05, 0) is 32.6 Å². The second-order valence-corrected chi connectivity index (χ2v) is 5.35. The van der Waals surface area contributed by atoms with E-state index in [1.807, 2.05) is 4.90 Å². The van der Waals surface area contributed by atoms with Gasteiger partial charge in [-0.1, -0.05) is 13.8 Å². The van der Waals surface area contributed by atoms with Crippen LogP contribution in [-0.4, -0.2) is 36.5 Å². The van der Waals surface area contributed by atoms with Gasteiger partial charge in [0.15, 0.2) is 0 Å². The Balaban J connectivity index is 2.48. The zero-order valence-electron chi connectivity index (χ0n) is 11.1. The molecule has 1 aliphatic heterocycles. The molecule has 16 heavy (non-hydrogen) atoms. The maximum Gasteiger partial charge on any atom is 0.226 e. The molecule has 1 aliphatic rings. The Morgan fingerprint density at radius 3 is 2.56 bits per heavy atom. The Morgan fingerprint density at radius 2 is 2.12 bits per heavy atom. The van der Waals surface area contributed by atoms with Crippen LogP contribution in [0.25, 0.3) is 0 Å². The summed E-state index contributed by atoms with van der Waals surface area (Å²) in [6.07, 6.45) is 2.16. The number of carbonyl (C=O) groups is 1. The van der Waals surface area contributed by atoms with Crippen LogP contribution in [0.3, 0.4) is 0 Å². The number of rotatable bonds is 4. The molecule has 0 radical (unpaired) electrons. The number of nitrogens with zero attached hydrogens (tertiary/aromatic N) is 1. The summed E-state index contributed by atoms with van der Waals surface area (Å²) in [5.41, 5.74) is 0. The highest BCUT2D eigenvalue weighted by Crippen LogP contribution is 2.17. The monoisotopic (exact) mass is 226 g/mol. The minimum Gasteiger partial charge on any atom is -0.342 e. The van der Waals surface area contributed by atoms with Crippen LogP contribution in [0.2, 0.25) is 0 Å². The summed E-state index contributed by atoms with van der Waals surface area (Å²) in [4.78, 5) is 14.3. The van der Waals surface area contributed by atoms with E-state index < -0.39 is 0 Å². The van der Waals surface area contributed by atoms with Crippen molar-refractivity contribution in [3.63, 3.8) is 0 Å². The highest BCUT2D eigenvalue weighted by Gasteiger charge is 2.27. The van der Waals surface area contributed by atoms with Gasteiger partial charge in [0.05, 0.1) is 5.92 Å². The summed E-state index contributed by atoms with van der Waals surface area (Å²) < 4.78 is 0. The van der Waals surface area contributed by atoms with E-state index >= 15 is 0 Å². The van der Waals surface area contributed by atoms with Crippen molar-refractivity contribution in [2.45, 2.75) is 46.6 Å². The second-order valence-electron chi connectivity index (χ2n) is 5.35. The molecule has 0 aromatic rings. The molecule has 0 aliphatic carbocycles. The van der Waals surface area contributed by atoms with Crippen LogP contribution in [-0.2, 0) is 4.79 Å². The molecule has 1 rings (SSSR count). The number of nitrogens with one attached hydrogen (secondary N) is 1. The minimum absolute atomic E-state index is 0.204. The lowest BCUT2D eigenvalue weighted by Gasteiger charge is -2.32. The number of hydrogen-bond donors (Lipinski definition) is 1. The van der Waals surface area contributed by atoms with Crippen molar-refractivity contribution in [1.29, 1.82) is 0 Å². The molecule has 0 spiro atoms. The third-order valence-electron chi connectivity index (χ3n) is 3.29. The van der Waals surface area contributed by atoms with E-state index in [1.165, 1.54) is 0 Å². The van der Waals surface area contributed by atoms with Crippen LogP contribution >= 0.6 is 0 Å². The molecule has 3 nitrogen and oxygen atoms in total. The largest absolute Gasteiger partial charge is 0.342 e. The fraction of sp³-hybridized carbons (Fsp3) is 0.923. The zero-order chi connectivity index (χ0) is 12.1. The van der Waals surface area contributed by atoms with Crippen LogP contribution in [0.15, 0.2) is 0 Å². The molecular weight excluding hydrogens is 200 g/mol. The summed E-state index contributed by atoms with van der Waals surface area (Å²) in [5.74, 6) is 1.10. The number of amides is 1. The van der Waals surface area contributed by atoms with Gasteiger partial charge >= 0.3 is 0 Å². The lowest BCUT2D eigenvalue weighted by molar-refractivity contribution is -0.136. The van der Waals surface area contributed by atoms with Crippen molar-refractivity contribution in [1.82, 2.24) is 10.2 Å². The van der Waals surface area contributed by atoms with Crippen LogP contribution in [0, 0.1) is 11.8 Å². The first-order chi connectivity index (χ1) is 7.54. The zero-order valence-corrected chi connectivity index (χ0v) is 11.1. The van der Waals surface area contributed by atoms with Gasteiger partial charge in [-0.15, -0.1) is 0 Å². The van der Waals surface area contributed by atoms with Crippen molar-refractivity contribution in [3.8, 4) is 0 Å². The van der Waals surface area contributed by atoms with E-state index in [1.54, 1.807) is 0 Å². The van der Waals surface area contributed by atoms with Crippen LogP contribution in [0.5, 0.6) is 0 Å². The van der Waals surface area contributed by atoms with Crippen molar-refractivity contribution < 1.29 is 4.79 Å². The van der Waals surface area contributed by atoms with E-state index in [2.05, 4.69) is 33.0 Å². The Kier molecular flexibility index (Phi) is 5.26. The normalized spacial score (nSPS) is 25.8. The molecule has 0 bridgehead atoms. The number of carbonyl (C=O) groups excluding carboxylic acids is 1. The Morgan fingerprint density at radius 1 is 1.44 bits per heavy atom. The Labute approximate surface area is 99.6 Å². The second kappa shape index (κ2) is 6.24. The molecule has 2 unspecified atom stereocenters. The highest BCUT2D eigenvalue weighted by atomic mass is 16.2. The van der Waals surface area contributed by atoms with Gasteiger partial charge in [0.25, 0.3) is 0 Å². The first-order valence-corrected chi connectivity index (χ1v) is 6.56. The number of hydrogen-bond acceptors (Lipinski definition) is 2. The van der Waals surface area contributed by atoms with Gasteiger partial charge in [0, 0.05) is 25.7 Å². The Hall–Kier alpha value is -0.570. The highest BCUT2D eigenvalue weighted by molar-refractivity contribution is 5.79. The first-order valence-electron chi connectivity index (χ1n) is 6.56. The molecule has 1 fully saturated rings. The minimum atomic E-state index is 0.204. The van der Waals surface area contributed by atoms with E-state index in [0.29, 0.717) is 17.9 Å². The van der Waals surface area contributed by atoms with Crippen LogP contribution in [0.1, 0.15) is 40.5 Å².